The quantitative estimate of drug-likeness (QED) is 0.599. The number of rotatable bonds is 7. The number of amides is 1. The van der Waals surface area contributed by atoms with Crippen molar-refractivity contribution in [2.45, 2.75) is 25.3 Å². The van der Waals surface area contributed by atoms with E-state index < -0.39 is 0 Å². The lowest BCUT2D eigenvalue weighted by atomic mass is 10.1. The number of pyridine rings is 1. The summed E-state index contributed by atoms with van der Waals surface area (Å²) < 4.78 is 14.0. The number of halogens is 1. The number of benzene rings is 1. The lowest BCUT2D eigenvalue weighted by molar-refractivity contribution is -0.132. The second-order valence-electron chi connectivity index (χ2n) is 7.28. The minimum atomic E-state index is -0.278. The van der Waals surface area contributed by atoms with Crippen LogP contribution in [0.25, 0.3) is 0 Å². The molecule has 0 radical (unpaired) electrons. The Morgan fingerprint density at radius 2 is 2.17 bits per heavy atom. The third-order valence-electron chi connectivity index (χ3n) is 5.28. The van der Waals surface area contributed by atoms with Gasteiger partial charge in [-0.2, -0.15) is 0 Å². The molecule has 8 heteroatoms. The van der Waals surface area contributed by atoms with Crippen LogP contribution < -0.4 is 10.2 Å². The SMILES string of the molecule is CN(CCC(=O)N1CCCC1c1cccc(Nc2nccs2)n1)c1ccccc1F. The molecule has 156 valence electrons. The highest BCUT2D eigenvalue weighted by Crippen LogP contribution is 2.32. The third kappa shape index (κ3) is 4.59. The minimum Gasteiger partial charge on any atom is -0.372 e. The highest BCUT2D eigenvalue weighted by molar-refractivity contribution is 7.13. The van der Waals surface area contributed by atoms with Crippen LogP contribution in [0.1, 0.15) is 31.0 Å². The van der Waals surface area contributed by atoms with E-state index in [2.05, 4.69) is 10.3 Å². The molecule has 30 heavy (non-hydrogen) atoms. The minimum absolute atomic E-state index is 0.0330. The fourth-order valence-corrected chi connectivity index (χ4v) is 4.30. The topological polar surface area (TPSA) is 61.4 Å². The molecule has 3 heterocycles. The van der Waals surface area contributed by atoms with Crippen molar-refractivity contribution in [3.63, 3.8) is 0 Å². The van der Waals surface area contributed by atoms with Crippen LogP contribution in [-0.2, 0) is 4.79 Å². The highest BCUT2D eigenvalue weighted by Gasteiger charge is 2.31. The molecule has 0 saturated carbocycles. The van der Waals surface area contributed by atoms with Gasteiger partial charge in [0.15, 0.2) is 5.13 Å². The van der Waals surface area contributed by atoms with Crippen molar-refractivity contribution in [2.24, 2.45) is 0 Å². The van der Waals surface area contributed by atoms with E-state index in [4.69, 9.17) is 4.98 Å². The van der Waals surface area contributed by atoms with Crippen LogP contribution >= 0.6 is 11.3 Å². The number of aromatic nitrogens is 2. The summed E-state index contributed by atoms with van der Waals surface area (Å²) >= 11 is 1.51. The first-order valence-electron chi connectivity index (χ1n) is 10.0. The van der Waals surface area contributed by atoms with E-state index in [1.807, 2.05) is 35.5 Å². The summed E-state index contributed by atoms with van der Waals surface area (Å²) in [6.07, 6.45) is 3.92. The molecule has 0 aliphatic carbocycles. The molecule has 1 saturated heterocycles. The molecular weight excluding hydrogens is 401 g/mol. The van der Waals surface area contributed by atoms with Crippen LogP contribution in [0.4, 0.5) is 21.0 Å². The largest absolute Gasteiger partial charge is 0.372 e. The average molecular weight is 426 g/mol. The van der Waals surface area contributed by atoms with E-state index in [9.17, 15) is 9.18 Å². The molecule has 0 bridgehead atoms. The van der Waals surface area contributed by atoms with Gasteiger partial charge in [-0.25, -0.2) is 14.4 Å². The Kier molecular flexibility index (Phi) is 6.23. The number of carbonyl (C=O) groups excluding carboxylic acids is 1. The lowest BCUT2D eigenvalue weighted by Crippen LogP contribution is -2.33. The zero-order chi connectivity index (χ0) is 20.9. The number of nitrogens with one attached hydrogen (secondary N) is 1. The Morgan fingerprint density at radius 3 is 2.97 bits per heavy atom. The first-order valence-corrected chi connectivity index (χ1v) is 10.9. The predicted molar refractivity (Wildman–Crippen MR) is 118 cm³/mol. The number of thiazole rings is 1. The highest BCUT2D eigenvalue weighted by atomic mass is 32.1. The summed E-state index contributed by atoms with van der Waals surface area (Å²) in [5.41, 5.74) is 1.38. The zero-order valence-electron chi connectivity index (χ0n) is 16.8. The normalized spacial score (nSPS) is 15.9. The number of para-hydroxylation sites is 1. The van der Waals surface area contributed by atoms with E-state index in [1.165, 1.54) is 17.4 Å². The molecule has 6 nitrogen and oxygen atoms in total. The van der Waals surface area contributed by atoms with Crippen molar-refractivity contribution >= 4 is 33.9 Å². The molecule has 3 aromatic rings. The second kappa shape index (κ2) is 9.21. The maximum atomic E-state index is 14.0. The van der Waals surface area contributed by atoms with Crippen molar-refractivity contribution in [1.29, 1.82) is 0 Å². The van der Waals surface area contributed by atoms with Crippen LogP contribution in [0.15, 0.2) is 54.0 Å². The van der Waals surface area contributed by atoms with Gasteiger partial charge in [0.1, 0.15) is 11.6 Å². The second-order valence-corrected chi connectivity index (χ2v) is 8.17. The monoisotopic (exact) mass is 425 g/mol. The Labute approximate surface area is 179 Å². The van der Waals surface area contributed by atoms with Gasteiger partial charge in [0, 0.05) is 38.1 Å². The standard InChI is InChI=1S/C22H24FN5OS/c1-27(18-8-3-2-6-16(18)23)14-11-21(29)28-13-5-9-19(28)17-7-4-10-20(25-17)26-22-24-12-15-30-22/h2-4,6-8,10,12,15,19H,5,9,11,13-14H2,1H3,(H,24,25,26). The van der Waals surface area contributed by atoms with Crippen LogP contribution in [0.3, 0.4) is 0 Å². The molecule has 2 aromatic heterocycles. The predicted octanol–water partition coefficient (Wildman–Crippen LogP) is 4.61. The number of nitrogens with zero attached hydrogens (tertiary/aromatic N) is 4. The smallest absolute Gasteiger partial charge is 0.224 e. The van der Waals surface area contributed by atoms with Gasteiger partial charge in [-0.1, -0.05) is 18.2 Å². The van der Waals surface area contributed by atoms with Crippen molar-refractivity contribution in [1.82, 2.24) is 14.9 Å². The summed E-state index contributed by atoms with van der Waals surface area (Å²) in [7, 11) is 1.81. The average Bonchev–Trinajstić information content (AvgIpc) is 3.44. The third-order valence-corrected chi connectivity index (χ3v) is 5.97. The number of carbonyl (C=O) groups is 1. The van der Waals surface area contributed by atoms with Crippen LogP contribution in [0.2, 0.25) is 0 Å². The summed E-state index contributed by atoms with van der Waals surface area (Å²) in [4.78, 5) is 25.6. The van der Waals surface area contributed by atoms with Gasteiger partial charge in [0.25, 0.3) is 0 Å². The van der Waals surface area contributed by atoms with Crippen LogP contribution in [0.5, 0.6) is 0 Å². The van der Waals surface area contributed by atoms with Crippen molar-refractivity contribution in [2.75, 3.05) is 30.4 Å². The molecule has 0 spiro atoms. The molecule has 4 rings (SSSR count). The van der Waals surface area contributed by atoms with E-state index in [0.29, 0.717) is 18.7 Å². The molecule has 1 amide bonds. The Balaban J connectivity index is 1.41. The molecule has 1 atom stereocenters. The van der Waals surface area contributed by atoms with Gasteiger partial charge in [-0.15, -0.1) is 11.3 Å². The fraction of sp³-hybridized carbons (Fsp3) is 0.318. The van der Waals surface area contributed by atoms with Crippen LogP contribution in [-0.4, -0.2) is 40.9 Å². The van der Waals surface area contributed by atoms with E-state index in [-0.39, 0.29) is 17.8 Å². The van der Waals surface area contributed by atoms with Crippen molar-refractivity contribution < 1.29 is 9.18 Å². The van der Waals surface area contributed by atoms with Gasteiger partial charge in [-0.3, -0.25) is 4.79 Å². The molecule has 1 aliphatic heterocycles. The summed E-state index contributed by atoms with van der Waals surface area (Å²) in [5, 5.41) is 5.90. The van der Waals surface area contributed by atoms with E-state index in [0.717, 1.165) is 36.0 Å². The Bertz CT molecular complexity index is 997. The molecular formula is C22H24FN5OS. The summed E-state index contributed by atoms with van der Waals surface area (Å²) in [6.45, 7) is 1.18. The molecule has 1 aromatic carbocycles. The van der Waals surface area contributed by atoms with Crippen molar-refractivity contribution in [3.05, 3.63) is 65.6 Å². The van der Waals surface area contributed by atoms with Gasteiger partial charge >= 0.3 is 0 Å². The molecule has 1 aliphatic rings. The number of anilines is 3. The lowest BCUT2D eigenvalue weighted by Gasteiger charge is -2.26. The summed E-state index contributed by atoms with van der Waals surface area (Å²) in [6, 6.07) is 12.4. The van der Waals surface area contributed by atoms with Gasteiger partial charge in [0.2, 0.25) is 5.91 Å². The number of hydrogen-bond donors (Lipinski definition) is 1. The first-order chi connectivity index (χ1) is 14.6. The van der Waals surface area contributed by atoms with Crippen LogP contribution in [0, 0.1) is 5.82 Å². The van der Waals surface area contributed by atoms with Crippen molar-refractivity contribution in [3.8, 4) is 0 Å². The van der Waals surface area contributed by atoms with E-state index in [1.54, 1.807) is 29.3 Å². The van der Waals surface area contributed by atoms with Gasteiger partial charge < -0.3 is 15.1 Å². The Morgan fingerprint density at radius 1 is 1.30 bits per heavy atom. The number of likely N-dealkylation sites (tertiary alicyclic amines) is 1. The Hall–Kier alpha value is -3.00. The zero-order valence-corrected chi connectivity index (χ0v) is 17.6. The van der Waals surface area contributed by atoms with Gasteiger partial charge in [0.05, 0.1) is 17.4 Å². The maximum Gasteiger partial charge on any atom is 0.224 e. The first kappa shape index (κ1) is 20.3. The van der Waals surface area contributed by atoms with E-state index >= 15 is 0 Å². The van der Waals surface area contributed by atoms with Gasteiger partial charge in [-0.05, 0) is 37.1 Å². The number of hydrogen-bond acceptors (Lipinski definition) is 6. The maximum absolute atomic E-state index is 14.0. The molecule has 1 unspecified atom stereocenters. The summed E-state index contributed by atoms with van der Waals surface area (Å²) in [5.74, 6) is 0.516. The molecule has 1 N–H and O–H groups in total. The fourth-order valence-electron chi connectivity index (χ4n) is 3.76. The molecule has 1 fully saturated rings.